The Bertz CT molecular complexity index is 1140. The lowest BCUT2D eigenvalue weighted by Gasteiger charge is -2.40. The molecule has 0 atom stereocenters. The van der Waals surface area contributed by atoms with Crippen molar-refractivity contribution in [2.45, 2.75) is 38.1 Å². The average Bonchev–Trinajstić information content (AvgIpc) is 2.81. The van der Waals surface area contributed by atoms with Gasteiger partial charge in [-0.2, -0.15) is 0 Å². The molecular weight excluding hydrogens is 419 g/mol. The van der Waals surface area contributed by atoms with E-state index in [1.807, 2.05) is 12.1 Å². The Kier molecular flexibility index (Phi) is 6.50. The van der Waals surface area contributed by atoms with Crippen LogP contribution in [0.4, 0.5) is 21.7 Å². The van der Waals surface area contributed by atoms with E-state index in [-0.39, 0.29) is 22.7 Å². The van der Waals surface area contributed by atoms with Crippen molar-refractivity contribution in [2.24, 2.45) is 5.73 Å². The van der Waals surface area contributed by atoms with Gasteiger partial charge in [-0.1, -0.05) is 19.9 Å². The van der Waals surface area contributed by atoms with Crippen LogP contribution in [0.15, 0.2) is 49.4 Å². The first-order chi connectivity index (χ1) is 15.9. The van der Waals surface area contributed by atoms with Crippen LogP contribution in [0.2, 0.25) is 0 Å². The van der Waals surface area contributed by atoms with Gasteiger partial charge >= 0.3 is 0 Å². The van der Waals surface area contributed by atoms with Gasteiger partial charge in [0.25, 0.3) is 0 Å². The van der Waals surface area contributed by atoms with E-state index < -0.39 is 5.82 Å². The SMILES string of the molecule is C=C(Nc1ncccc1N1CCC(N)(CCC)CC1)c1nc(-c2ncccc2F)cnc1N. The maximum absolute atomic E-state index is 14.2. The first-order valence-corrected chi connectivity index (χ1v) is 11.1. The molecule has 0 saturated carbocycles. The summed E-state index contributed by atoms with van der Waals surface area (Å²) in [6, 6.07) is 6.76. The van der Waals surface area contributed by atoms with Gasteiger partial charge in [0, 0.05) is 31.0 Å². The van der Waals surface area contributed by atoms with E-state index >= 15 is 0 Å². The minimum atomic E-state index is -0.489. The van der Waals surface area contributed by atoms with E-state index in [0.29, 0.717) is 17.2 Å². The number of nitrogen functional groups attached to an aromatic ring is 1. The zero-order chi connectivity index (χ0) is 23.4. The highest BCUT2D eigenvalue weighted by Gasteiger charge is 2.30. The Balaban J connectivity index is 1.56. The highest BCUT2D eigenvalue weighted by molar-refractivity contribution is 5.82. The molecule has 0 aromatic carbocycles. The number of aromatic nitrogens is 4. The molecule has 172 valence electrons. The van der Waals surface area contributed by atoms with Crippen molar-refractivity contribution in [3.05, 3.63) is 60.9 Å². The van der Waals surface area contributed by atoms with Crippen LogP contribution in [0, 0.1) is 5.82 Å². The van der Waals surface area contributed by atoms with Gasteiger partial charge in [-0.25, -0.2) is 19.3 Å². The third kappa shape index (κ3) is 4.93. The molecule has 5 N–H and O–H groups in total. The zero-order valence-corrected chi connectivity index (χ0v) is 18.8. The number of halogens is 1. The molecule has 9 heteroatoms. The fourth-order valence-corrected chi connectivity index (χ4v) is 4.20. The molecule has 33 heavy (non-hydrogen) atoms. The molecule has 1 saturated heterocycles. The van der Waals surface area contributed by atoms with E-state index in [2.05, 4.69) is 43.7 Å². The highest BCUT2D eigenvalue weighted by atomic mass is 19.1. The van der Waals surface area contributed by atoms with Gasteiger partial charge in [-0.05, 0) is 43.5 Å². The zero-order valence-electron chi connectivity index (χ0n) is 18.8. The summed E-state index contributed by atoms with van der Waals surface area (Å²) in [6.07, 6.45) is 8.56. The van der Waals surface area contributed by atoms with E-state index in [1.165, 1.54) is 24.5 Å². The van der Waals surface area contributed by atoms with Crippen LogP contribution in [-0.4, -0.2) is 38.6 Å². The number of hydrogen-bond acceptors (Lipinski definition) is 8. The maximum Gasteiger partial charge on any atom is 0.154 e. The van der Waals surface area contributed by atoms with Crippen molar-refractivity contribution in [1.29, 1.82) is 0 Å². The van der Waals surface area contributed by atoms with E-state index in [1.54, 1.807) is 6.20 Å². The van der Waals surface area contributed by atoms with Crippen LogP contribution in [0.3, 0.4) is 0 Å². The predicted molar refractivity (Wildman–Crippen MR) is 130 cm³/mol. The van der Waals surface area contributed by atoms with Crippen molar-refractivity contribution >= 4 is 23.0 Å². The second-order valence-electron chi connectivity index (χ2n) is 8.40. The van der Waals surface area contributed by atoms with E-state index in [4.69, 9.17) is 11.5 Å². The van der Waals surface area contributed by atoms with Crippen LogP contribution in [0.1, 0.15) is 38.3 Å². The molecule has 1 aliphatic heterocycles. The second-order valence-corrected chi connectivity index (χ2v) is 8.40. The Hall–Kier alpha value is -3.59. The van der Waals surface area contributed by atoms with Crippen LogP contribution < -0.4 is 21.7 Å². The molecule has 3 aromatic heterocycles. The van der Waals surface area contributed by atoms with Crippen LogP contribution in [0.25, 0.3) is 17.1 Å². The molecule has 0 bridgehead atoms. The van der Waals surface area contributed by atoms with Gasteiger partial charge in [0.05, 0.1) is 17.6 Å². The summed E-state index contributed by atoms with van der Waals surface area (Å²) in [7, 11) is 0. The van der Waals surface area contributed by atoms with Gasteiger partial charge in [0.15, 0.2) is 17.5 Å². The Morgan fingerprint density at radius 3 is 2.64 bits per heavy atom. The third-order valence-corrected chi connectivity index (χ3v) is 5.99. The number of anilines is 3. The number of pyridine rings is 2. The number of nitrogens with one attached hydrogen (secondary N) is 1. The summed E-state index contributed by atoms with van der Waals surface area (Å²) in [5.41, 5.74) is 14.6. The van der Waals surface area contributed by atoms with Gasteiger partial charge in [-0.3, -0.25) is 4.98 Å². The van der Waals surface area contributed by atoms with Crippen LogP contribution in [-0.2, 0) is 0 Å². The van der Waals surface area contributed by atoms with Crippen LogP contribution >= 0.6 is 0 Å². The Labute approximate surface area is 193 Å². The number of hydrogen-bond donors (Lipinski definition) is 3. The normalized spacial score (nSPS) is 15.3. The third-order valence-electron chi connectivity index (χ3n) is 5.99. The van der Waals surface area contributed by atoms with Gasteiger partial charge in [0.2, 0.25) is 0 Å². The number of piperidine rings is 1. The quantitative estimate of drug-likeness (QED) is 0.499. The number of rotatable bonds is 7. The lowest BCUT2D eigenvalue weighted by atomic mass is 9.84. The molecular formula is C24H29FN8. The molecule has 0 unspecified atom stereocenters. The molecule has 1 aliphatic rings. The lowest BCUT2D eigenvalue weighted by Crippen LogP contribution is -2.50. The van der Waals surface area contributed by atoms with E-state index in [0.717, 1.165) is 44.5 Å². The van der Waals surface area contributed by atoms with Crippen molar-refractivity contribution in [3.63, 3.8) is 0 Å². The summed E-state index contributed by atoms with van der Waals surface area (Å²) in [6.45, 7) is 7.95. The van der Waals surface area contributed by atoms with Gasteiger partial charge in [0.1, 0.15) is 17.1 Å². The Morgan fingerprint density at radius 1 is 1.18 bits per heavy atom. The standard InChI is InChI=1S/C24H29FN8/c1-3-8-24(27)9-13-33(14-10-24)19-7-5-12-29-23(19)31-16(2)20-22(26)30-15-18(32-20)21-17(25)6-4-11-28-21/h4-7,11-12,15H,2-3,8-10,13-14,27H2,1H3,(H2,26,30)(H,29,31). The van der Waals surface area contributed by atoms with Gasteiger partial charge < -0.3 is 21.7 Å². The summed E-state index contributed by atoms with van der Waals surface area (Å²) in [5.74, 6) is 0.325. The van der Waals surface area contributed by atoms with Crippen molar-refractivity contribution < 1.29 is 4.39 Å². The molecule has 0 spiro atoms. The topological polar surface area (TPSA) is 119 Å². The molecule has 4 rings (SSSR count). The fourth-order valence-electron chi connectivity index (χ4n) is 4.20. The van der Waals surface area contributed by atoms with E-state index in [9.17, 15) is 4.39 Å². The first kappa shape index (κ1) is 22.6. The average molecular weight is 449 g/mol. The Morgan fingerprint density at radius 2 is 1.91 bits per heavy atom. The summed E-state index contributed by atoms with van der Waals surface area (Å²) in [4.78, 5) is 19.5. The molecule has 0 radical (unpaired) electrons. The van der Waals surface area contributed by atoms with Crippen molar-refractivity contribution in [1.82, 2.24) is 19.9 Å². The molecule has 8 nitrogen and oxygen atoms in total. The minimum Gasteiger partial charge on any atom is -0.382 e. The molecule has 3 aromatic rings. The smallest absolute Gasteiger partial charge is 0.154 e. The van der Waals surface area contributed by atoms with Crippen LogP contribution in [0.5, 0.6) is 0 Å². The molecule has 0 amide bonds. The van der Waals surface area contributed by atoms with Crippen molar-refractivity contribution in [3.8, 4) is 11.4 Å². The molecule has 0 aliphatic carbocycles. The molecule has 1 fully saturated rings. The predicted octanol–water partition coefficient (Wildman–Crippen LogP) is 3.84. The minimum absolute atomic E-state index is 0.100. The summed E-state index contributed by atoms with van der Waals surface area (Å²) in [5, 5.41) is 3.23. The number of nitrogens with zero attached hydrogens (tertiary/aromatic N) is 5. The first-order valence-electron chi connectivity index (χ1n) is 11.1. The fraction of sp³-hybridized carbons (Fsp3) is 0.333. The van der Waals surface area contributed by atoms with Crippen molar-refractivity contribution in [2.75, 3.05) is 29.0 Å². The largest absolute Gasteiger partial charge is 0.382 e. The highest BCUT2D eigenvalue weighted by Crippen LogP contribution is 2.32. The second kappa shape index (κ2) is 9.50. The summed E-state index contributed by atoms with van der Waals surface area (Å²) < 4.78 is 14.2. The van der Waals surface area contributed by atoms with Gasteiger partial charge in [-0.15, -0.1) is 0 Å². The maximum atomic E-state index is 14.2. The lowest BCUT2D eigenvalue weighted by molar-refractivity contribution is 0.309. The number of nitrogens with two attached hydrogens (primary N) is 2. The monoisotopic (exact) mass is 448 g/mol. The summed E-state index contributed by atoms with van der Waals surface area (Å²) >= 11 is 0. The molecule has 4 heterocycles.